The lowest BCUT2D eigenvalue weighted by Crippen LogP contribution is -2.66. The molecule has 1 saturated heterocycles. The molecule has 2 aromatic rings. The normalized spacial score (nSPS) is 33.8. The van der Waals surface area contributed by atoms with Gasteiger partial charge >= 0.3 is 6.03 Å². The molecular weight excluding hydrogens is 376 g/mol. The summed E-state index contributed by atoms with van der Waals surface area (Å²) < 4.78 is 0. The van der Waals surface area contributed by atoms with Gasteiger partial charge in [-0.25, -0.2) is 9.69 Å². The van der Waals surface area contributed by atoms with Gasteiger partial charge in [-0.05, 0) is 97.2 Å². The van der Waals surface area contributed by atoms with Crippen LogP contribution in [0, 0.1) is 35.0 Å². The van der Waals surface area contributed by atoms with Crippen molar-refractivity contribution in [2.45, 2.75) is 37.6 Å². The Hall–Kier alpha value is -3.20. The standard InChI is InChI=1S/C24H22N4O2/c25-13-16-6-18(17-1-3-26-4-2-17)12-21(11-16)28-22(29)24(27-23(28)30)19-7-14-5-15(9-19)10-20(24)8-14/h1-4,6,11-12,14-15,19-20H,5,7-10H2,(H,27,30). The third-order valence-corrected chi connectivity index (χ3v) is 7.82. The Bertz CT molecular complexity index is 1080. The van der Waals surface area contributed by atoms with Gasteiger partial charge in [-0.15, -0.1) is 0 Å². The third kappa shape index (κ3) is 2.32. The first-order valence-electron chi connectivity index (χ1n) is 10.7. The largest absolute Gasteiger partial charge is 0.329 e. The van der Waals surface area contributed by atoms with Crippen molar-refractivity contribution in [3.05, 3.63) is 48.3 Å². The van der Waals surface area contributed by atoms with E-state index in [9.17, 15) is 14.9 Å². The van der Waals surface area contributed by atoms with Crippen LogP contribution in [0.4, 0.5) is 10.5 Å². The average molecular weight is 398 g/mol. The monoisotopic (exact) mass is 398 g/mol. The first-order chi connectivity index (χ1) is 14.6. The van der Waals surface area contributed by atoms with Crippen molar-refractivity contribution in [2.75, 3.05) is 4.90 Å². The van der Waals surface area contributed by atoms with Gasteiger partial charge in [-0.3, -0.25) is 9.78 Å². The number of hydrogen-bond donors (Lipinski definition) is 1. The zero-order valence-electron chi connectivity index (χ0n) is 16.5. The molecule has 0 unspecified atom stereocenters. The van der Waals surface area contributed by atoms with Gasteiger partial charge in [0.15, 0.2) is 0 Å². The molecule has 0 atom stereocenters. The predicted octanol–water partition coefficient (Wildman–Crippen LogP) is 3.87. The molecule has 1 aromatic carbocycles. The Morgan fingerprint density at radius 2 is 1.63 bits per heavy atom. The number of nitrogens with zero attached hydrogens (tertiary/aromatic N) is 3. The van der Waals surface area contributed by atoms with E-state index < -0.39 is 5.54 Å². The molecule has 2 heterocycles. The summed E-state index contributed by atoms with van der Waals surface area (Å²) in [5, 5.41) is 12.7. The van der Waals surface area contributed by atoms with E-state index in [-0.39, 0.29) is 23.8 Å². The minimum Gasteiger partial charge on any atom is -0.322 e. The van der Waals surface area contributed by atoms with E-state index in [0.29, 0.717) is 23.1 Å². The van der Waals surface area contributed by atoms with Crippen LogP contribution >= 0.6 is 0 Å². The molecule has 5 fully saturated rings. The first-order valence-corrected chi connectivity index (χ1v) is 10.7. The van der Waals surface area contributed by atoms with Crippen molar-refractivity contribution in [3.8, 4) is 17.2 Å². The van der Waals surface area contributed by atoms with E-state index in [1.54, 1.807) is 24.5 Å². The fourth-order valence-corrected chi connectivity index (χ4v) is 6.79. The van der Waals surface area contributed by atoms with Crippen LogP contribution in [0.2, 0.25) is 0 Å². The second-order valence-electron chi connectivity index (χ2n) is 9.36. The van der Waals surface area contributed by atoms with E-state index in [4.69, 9.17) is 0 Å². The van der Waals surface area contributed by atoms with E-state index in [2.05, 4.69) is 16.4 Å². The van der Waals surface area contributed by atoms with E-state index in [1.807, 2.05) is 18.2 Å². The van der Waals surface area contributed by atoms with Gasteiger partial charge in [0.2, 0.25) is 0 Å². The number of amides is 3. The number of anilines is 1. The quantitative estimate of drug-likeness (QED) is 0.778. The highest BCUT2D eigenvalue weighted by molar-refractivity contribution is 6.24. The number of rotatable bonds is 2. The smallest absolute Gasteiger partial charge is 0.322 e. The number of pyridine rings is 1. The highest BCUT2D eigenvalue weighted by Crippen LogP contribution is 2.59. The Labute approximate surface area is 174 Å². The molecule has 1 spiro atoms. The molecule has 4 bridgehead atoms. The summed E-state index contributed by atoms with van der Waals surface area (Å²) >= 11 is 0. The van der Waals surface area contributed by atoms with Crippen LogP contribution in [0.15, 0.2) is 42.7 Å². The van der Waals surface area contributed by atoms with Crippen molar-refractivity contribution in [2.24, 2.45) is 23.7 Å². The molecular formula is C24H22N4O2. The molecule has 6 heteroatoms. The lowest BCUT2D eigenvalue weighted by molar-refractivity contribution is -0.138. The van der Waals surface area contributed by atoms with Gasteiger partial charge in [0.25, 0.3) is 5.91 Å². The summed E-state index contributed by atoms with van der Waals surface area (Å²) in [5.74, 6) is 1.74. The van der Waals surface area contributed by atoms with E-state index in [1.165, 1.54) is 11.3 Å². The second-order valence-corrected chi connectivity index (χ2v) is 9.36. The van der Waals surface area contributed by atoms with Crippen molar-refractivity contribution in [3.63, 3.8) is 0 Å². The molecule has 3 amide bonds. The molecule has 5 aliphatic rings. The molecule has 1 N–H and O–H groups in total. The fourth-order valence-electron chi connectivity index (χ4n) is 6.79. The number of carbonyl (C=O) groups is 2. The minimum absolute atomic E-state index is 0.128. The number of benzene rings is 1. The maximum absolute atomic E-state index is 13.8. The number of urea groups is 1. The molecule has 150 valence electrons. The lowest BCUT2D eigenvalue weighted by atomic mass is 9.48. The van der Waals surface area contributed by atoms with Crippen molar-refractivity contribution in [1.29, 1.82) is 5.26 Å². The molecule has 4 aliphatic carbocycles. The van der Waals surface area contributed by atoms with Gasteiger partial charge in [0.1, 0.15) is 5.54 Å². The molecule has 6 nitrogen and oxygen atoms in total. The van der Waals surface area contributed by atoms with Gasteiger partial charge < -0.3 is 5.32 Å². The topological polar surface area (TPSA) is 86.1 Å². The van der Waals surface area contributed by atoms with Crippen molar-refractivity contribution >= 4 is 17.6 Å². The van der Waals surface area contributed by atoms with Crippen LogP contribution in [0.3, 0.4) is 0 Å². The summed E-state index contributed by atoms with van der Waals surface area (Å²) in [6.07, 6.45) is 8.80. The summed E-state index contributed by atoms with van der Waals surface area (Å²) in [6, 6.07) is 10.7. The number of nitrogens with one attached hydrogen (secondary N) is 1. The van der Waals surface area contributed by atoms with Crippen LogP contribution in [0.25, 0.3) is 11.1 Å². The SMILES string of the molecule is N#Cc1cc(-c2ccncc2)cc(N2C(=O)NC3(C2=O)C2CC4CC(C2)CC3C4)c1. The van der Waals surface area contributed by atoms with Gasteiger partial charge in [0, 0.05) is 12.4 Å². The van der Waals surface area contributed by atoms with E-state index >= 15 is 0 Å². The highest BCUT2D eigenvalue weighted by atomic mass is 16.2. The summed E-state index contributed by atoms with van der Waals surface area (Å²) in [6.45, 7) is 0. The van der Waals surface area contributed by atoms with Crippen LogP contribution in [-0.2, 0) is 4.79 Å². The Balaban J connectivity index is 1.43. The van der Waals surface area contributed by atoms with Crippen molar-refractivity contribution < 1.29 is 9.59 Å². The van der Waals surface area contributed by atoms with E-state index in [0.717, 1.165) is 36.8 Å². The molecule has 1 aromatic heterocycles. The first kappa shape index (κ1) is 17.6. The molecule has 0 radical (unpaired) electrons. The zero-order chi connectivity index (χ0) is 20.5. The number of carbonyl (C=O) groups excluding carboxylic acids is 2. The molecule has 4 saturated carbocycles. The maximum Gasteiger partial charge on any atom is 0.329 e. The summed E-state index contributed by atoms with van der Waals surface area (Å²) in [4.78, 5) is 32.3. The van der Waals surface area contributed by atoms with Gasteiger partial charge in [0.05, 0.1) is 17.3 Å². The summed E-state index contributed by atoms with van der Waals surface area (Å²) in [5.41, 5.74) is 1.81. The molecule has 1 aliphatic heterocycles. The number of hydrogen-bond acceptors (Lipinski definition) is 4. The molecule has 30 heavy (non-hydrogen) atoms. The summed E-state index contributed by atoms with van der Waals surface area (Å²) in [7, 11) is 0. The third-order valence-electron chi connectivity index (χ3n) is 7.82. The van der Waals surface area contributed by atoms with Crippen molar-refractivity contribution in [1.82, 2.24) is 10.3 Å². The number of nitriles is 1. The van der Waals surface area contributed by atoms with Gasteiger partial charge in [-0.1, -0.05) is 0 Å². The van der Waals surface area contributed by atoms with Crippen LogP contribution in [0.1, 0.15) is 37.7 Å². The van der Waals surface area contributed by atoms with Crippen LogP contribution in [-0.4, -0.2) is 22.5 Å². The lowest BCUT2D eigenvalue weighted by Gasteiger charge is -2.58. The Morgan fingerprint density at radius 1 is 0.967 bits per heavy atom. The number of aromatic nitrogens is 1. The Kier molecular flexibility index (Phi) is 3.62. The average Bonchev–Trinajstić information content (AvgIpc) is 3.02. The van der Waals surface area contributed by atoms with Crippen LogP contribution in [0.5, 0.6) is 0 Å². The number of imide groups is 1. The maximum atomic E-state index is 13.8. The van der Waals surface area contributed by atoms with Crippen LogP contribution < -0.4 is 10.2 Å². The minimum atomic E-state index is -0.760. The molecule has 7 rings (SSSR count). The highest BCUT2D eigenvalue weighted by Gasteiger charge is 2.66. The predicted molar refractivity (Wildman–Crippen MR) is 110 cm³/mol. The Morgan fingerprint density at radius 3 is 2.27 bits per heavy atom. The fraction of sp³-hybridized carbons (Fsp3) is 0.417. The van der Waals surface area contributed by atoms with Gasteiger partial charge in [-0.2, -0.15) is 5.26 Å². The second kappa shape index (κ2) is 6.15. The zero-order valence-corrected chi connectivity index (χ0v) is 16.5.